The van der Waals surface area contributed by atoms with Crippen LogP contribution in [0.25, 0.3) is 0 Å². The molecule has 0 radical (unpaired) electrons. The molecule has 0 fully saturated rings. The fraction of sp³-hybridized carbons (Fsp3) is 0.312. The molecule has 1 heterocycles. The van der Waals surface area contributed by atoms with Gasteiger partial charge in [-0.2, -0.15) is 13.2 Å². The van der Waals surface area contributed by atoms with Crippen LogP contribution in [0.3, 0.4) is 0 Å². The highest BCUT2D eigenvalue weighted by molar-refractivity contribution is 7.09. The van der Waals surface area contributed by atoms with Gasteiger partial charge in [-0.3, -0.25) is 0 Å². The van der Waals surface area contributed by atoms with Crippen molar-refractivity contribution in [3.8, 4) is 0 Å². The fourth-order valence-electron chi connectivity index (χ4n) is 2.07. The Bertz CT molecular complexity index is 641. The summed E-state index contributed by atoms with van der Waals surface area (Å²) in [5, 5.41) is 7.31. The number of thiophene rings is 1. The Morgan fingerprint density at radius 2 is 2.04 bits per heavy atom. The molecule has 1 aromatic carbocycles. The lowest BCUT2D eigenvalue weighted by Crippen LogP contribution is -2.38. The number of hydrogen-bond donors (Lipinski definition) is 2. The number of carbonyl (C=O) groups excluding carboxylic acids is 1. The smallest absolute Gasteiger partial charge is 0.338 e. The Morgan fingerprint density at radius 1 is 1.26 bits per heavy atom. The average molecular weight is 342 g/mol. The van der Waals surface area contributed by atoms with Crippen molar-refractivity contribution in [3.05, 3.63) is 57.8 Å². The van der Waals surface area contributed by atoms with E-state index in [-0.39, 0.29) is 0 Å². The van der Waals surface area contributed by atoms with E-state index in [0.29, 0.717) is 12.1 Å². The van der Waals surface area contributed by atoms with E-state index in [1.807, 2.05) is 17.5 Å². The van der Waals surface area contributed by atoms with Gasteiger partial charge in [-0.05, 0) is 42.5 Å². The molecule has 3 nitrogen and oxygen atoms in total. The number of alkyl halides is 3. The number of carbonyl (C=O) groups is 1. The van der Waals surface area contributed by atoms with Gasteiger partial charge in [0.05, 0.1) is 11.6 Å². The van der Waals surface area contributed by atoms with Gasteiger partial charge < -0.3 is 10.6 Å². The van der Waals surface area contributed by atoms with E-state index in [0.717, 1.165) is 23.4 Å². The molecule has 0 spiro atoms. The van der Waals surface area contributed by atoms with Gasteiger partial charge in [0.15, 0.2) is 0 Å². The molecule has 0 aliphatic heterocycles. The summed E-state index contributed by atoms with van der Waals surface area (Å²) in [4.78, 5) is 13.0. The molecule has 0 unspecified atom stereocenters. The minimum Gasteiger partial charge on any atom is -0.338 e. The van der Waals surface area contributed by atoms with Crippen molar-refractivity contribution in [2.75, 3.05) is 6.54 Å². The predicted octanol–water partition coefficient (Wildman–Crippen LogP) is 4.37. The fourth-order valence-corrected chi connectivity index (χ4v) is 2.78. The second-order valence-electron chi connectivity index (χ2n) is 5.07. The Hall–Kier alpha value is -2.02. The topological polar surface area (TPSA) is 41.1 Å². The van der Waals surface area contributed by atoms with Crippen LogP contribution in [0.4, 0.5) is 18.0 Å². The first kappa shape index (κ1) is 17.3. The molecule has 0 aliphatic carbocycles. The van der Waals surface area contributed by atoms with Crippen LogP contribution in [0.15, 0.2) is 41.8 Å². The summed E-state index contributed by atoms with van der Waals surface area (Å²) in [5.41, 5.74) is -0.310. The third-order valence-corrected chi connectivity index (χ3v) is 4.23. The van der Waals surface area contributed by atoms with Crippen molar-refractivity contribution < 1.29 is 18.0 Å². The molecule has 0 saturated heterocycles. The van der Waals surface area contributed by atoms with E-state index in [9.17, 15) is 18.0 Å². The van der Waals surface area contributed by atoms with Crippen LogP contribution in [0.5, 0.6) is 0 Å². The van der Waals surface area contributed by atoms with E-state index in [1.165, 1.54) is 6.07 Å². The number of urea groups is 1. The molecule has 2 amide bonds. The van der Waals surface area contributed by atoms with Gasteiger partial charge in [0.2, 0.25) is 0 Å². The molecule has 0 bridgehead atoms. The van der Waals surface area contributed by atoms with Crippen LogP contribution in [0.1, 0.15) is 29.0 Å². The molecule has 2 aromatic rings. The number of hydrogen-bond acceptors (Lipinski definition) is 2. The second-order valence-corrected chi connectivity index (χ2v) is 6.11. The molecule has 0 aliphatic rings. The lowest BCUT2D eigenvalue weighted by atomic mass is 10.1. The molecule has 124 valence electrons. The number of nitrogens with one attached hydrogen (secondary N) is 2. The summed E-state index contributed by atoms with van der Waals surface area (Å²) < 4.78 is 38.1. The molecule has 2 rings (SSSR count). The highest BCUT2D eigenvalue weighted by atomic mass is 32.1. The van der Waals surface area contributed by atoms with E-state index in [2.05, 4.69) is 10.6 Å². The predicted molar refractivity (Wildman–Crippen MR) is 84.4 cm³/mol. The first-order valence-corrected chi connectivity index (χ1v) is 7.98. The summed E-state index contributed by atoms with van der Waals surface area (Å²) in [6.45, 7) is 2.12. The van der Waals surface area contributed by atoms with Gasteiger partial charge >= 0.3 is 12.2 Å². The molecular weight excluding hydrogens is 325 g/mol. The molecule has 23 heavy (non-hydrogen) atoms. The van der Waals surface area contributed by atoms with Crippen LogP contribution in [-0.2, 0) is 12.6 Å². The second kappa shape index (κ2) is 7.50. The zero-order valence-corrected chi connectivity index (χ0v) is 13.3. The summed E-state index contributed by atoms with van der Waals surface area (Å²) in [5.74, 6) is 0. The lowest BCUT2D eigenvalue weighted by molar-refractivity contribution is -0.137. The Labute approximate surface area is 136 Å². The summed E-state index contributed by atoms with van der Waals surface area (Å²) >= 11 is 1.61. The SMILES string of the molecule is C[C@@H](NC(=O)NCCc1cccs1)c1cccc(C(F)(F)F)c1. The Balaban J connectivity index is 1.86. The molecule has 1 aromatic heterocycles. The van der Waals surface area contributed by atoms with Crippen molar-refractivity contribution in [2.45, 2.75) is 25.6 Å². The van der Waals surface area contributed by atoms with Gasteiger partial charge in [-0.15, -0.1) is 11.3 Å². The van der Waals surface area contributed by atoms with Crippen LogP contribution >= 0.6 is 11.3 Å². The van der Waals surface area contributed by atoms with Gasteiger partial charge in [0, 0.05) is 11.4 Å². The monoisotopic (exact) mass is 342 g/mol. The Kier molecular flexibility index (Phi) is 5.65. The van der Waals surface area contributed by atoms with Crippen molar-refractivity contribution in [3.63, 3.8) is 0 Å². The molecular formula is C16H17F3N2OS. The lowest BCUT2D eigenvalue weighted by Gasteiger charge is -2.16. The highest BCUT2D eigenvalue weighted by Crippen LogP contribution is 2.30. The third kappa shape index (κ3) is 5.28. The largest absolute Gasteiger partial charge is 0.416 e. The summed E-state index contributed by atoms with van der Waals surface area (Å²) in [6, 6.07) is 7.97. The zero-order chi connectivity index (χ0) is 16.9. The standard InChI is InChI=1S/C16H17F3N2OS/c1-11(12-4-2-5-13(10-12)16(17,18)19)21-15(22)20-8-7-14-6-3-9-23-14/h2-6,9-11H,7-8H2,1H3,(H2,20,21,22)/t11-/m1/s1. The van der Waals surface area contributed by atoms with E-state index >= 15 is 0 Å². The maximum Gasteiger partial charge on any atom is 0.416 e. The molecule has 0 saturated carbocycles. The molecule has 1 atom stereocenters. The first-order valence-electron chi connectivity index (χ1n) is 7.10. The van der Waals surface area contributed by atoms with Gasteiger partial charge in [-0.1, -0.05) is 18.2 Å². The van der Waals surface area contributed by atoms with Crippen molar-refractivity contribution in [1.82, 2.24) is 10.6 Å². The van der Waals surface area contributed by atoms with Crippen LogP contribution in [0.2, 0.25) is 0 Å². The van der Waals surface area contributed by atoms with E-state index in [4.69, 9.17) is 0 Å². The van der Waals surface area contributed by atoms with Gasteiger partial charge in [0.25, 0.3) is 0 Å². The summed E-state index contributed by atoms with van der Waals surface area (Å²) in [6.07, 6.45) is -3.66. The Morgan fingerprint density at radius 3 is 2.70 bits per heavy atom. The minimum absolute atomic E-state index is 0.397. The van der Waals surface area contributed by atoms with Crippen LogP contribution < -0.4 is 10.6 Å². The number of amides is 2. The van der Waals surface area contributed by atoms with Gasteiger partial charge in [0.1, 0.15) is 0 Å². The summed E-state index contributed by atoms with van der Waals surface area (Å²) in [7, 11) is 0. The van der Waals surface area contributed by atoms with Crippen LogP contribution in [-0.4, -0.2) is 12.6 Å². The minimum atomic E-state index is -4.39. The first-order chi connectivity index (χ1) is 10.9. The highest BCUT2D eigenvalue weighted by Gasteiger charge is 2.30. The quantitative estimate of drug-likeness (QED) is 0.832. The number of halogens is 3. The molecule has 7 heteroatoms. The number of benzene rings is 1. The third-order valence-electron chi connectivity index (χ3n) is 3.30. The van der Waals surface area contributed by atoms with Crippen LogP contribution in [0, 0.1) is 0 Å². The maximum absolute atomic E-state index is 12.7. The van der Waals surface area contributed by atoms with Gasteiger partial charge in [-0.25, -0.2) is 4.79 Å². The normalized spacial score (nSPS) is 12.7. The zero-order valence-electron chi connectivity index (χ0n) is 12.5. The number of rotatable bonds is 5. The van der Waals surface area contributed by atoms with Crippen molar-refractivity contribution >= 4 is 17.4 Å². The van der Waals surface area contributed by atoms with Crippen molar-refractivity contribution in [2.24, 2.45) is 0 Å². The average Bonchev–Trinajstić information content (AvgIpc) is 2.99. The van der Waals surface area contributed by atoms with Crippen molar-refractivity contribution in [1.29, 1.82) is 0 Å². The van der Waals surface area contributed by atoms with E-state index < -0.39 is 23.8 Å². The maximum atomic E-state index is 12.7. The molecule has 2 N–H and O–H groups in total. The van der Waals surface area contributed by atoms with E-state index in [1.54, 1.807) is 24.3 Å².